The normalized spacial score (nSPS) is 10.9. The van der Waals surface area contributed by atoms with Gasteiger partial charge in [-0.2, -0.15) is 0 Å². The third kappa shape index (κ3) is 3.54. The van der Waals surface area contributed by atoms with Crippen LogP contribution in [0.3, 0.4) is 0 Å². The van der Waals surface area contributed by atoms with Gasteiger partial charge in [0.1, 0.15) is 22.6 Å². The number of nitrogens with one attached hydrogen (secondary N) is 1. The standard InChI is InChI=1S/C19H16N4O3S2/c1-2-26-19(25)17-12(15-8-5-9-27-15)11-28-18(17)20-16(24)10-23-14-7-4-3-6-13(14)21-22-23/h3-9,11H,2,10H2,1H3,(H,20,24). The first-order valence-electron chi connectivity index (χ1n) is 8.58. The molecule has 1 amide bonds. The van der Waals surface area contributed by atoms with Gasteiger partial charge < -0.3 is 10.1 Å². The van der Waals surface area contributed by atoms with Crippen molar-refractivity contribution in [2.45, 2.75) is 13.5 Å². The van der Waals surface area contributed by atoms with Crippen LogP contribution in [0.4, 0.5) is 5.00 Å². The molecule has 28 heavy (non-hydrogen) atoms. The minimum absolute atomic E-state index is 0.00495. The third-order valence-corrected chi connectivity index (χ3v) is 5.82. The van der Waals surface area contributed by atoms with Crippen LogP contribution in [0.15, 0.2) is 47.2 Å². The first-order valence-corrected chi connectivity index (χ1v) is 10.3. The molecule has 0 fully saturated rings. The molecule has 4 rings (SSSR count). The molecule has 142 valence electrons. The average Bonchev–Trinajstić information content (AvgIpc) is 3.42. The predicted molar refractivity (Wildman–Crippen MR) is 110 cm³/mol. The number of ether oxygens (including phenoxy) is 1. The fraction of sp³-hybridized carbons (Fsp3) is 0.158. The number of rotatable bonds is 6. The summed E-state index contributed by atoms with van der Waals surface area (Å²) in [7, 11) is 0. The van der Waals surface area contributed by atoms with Gasteiger partial charge in [-0.1, -0.05) is 23.4 Å². The lowest BCUT2D eigenvalue weighted by molar-refractivity contribution is -0.116. The number of para-hydroxylation sites is 1. The minimum atomic E-state index is -0.450. The molecule has 1 aromatic carbocycles. The molecule has 0 aliphatic rings. The highest BCUT2D eigenvalue weighted by molar-refractivity contribution is 7.17. The molecule has 0 unspecified atom stereocenters. The second kappa shape index (κ2) is 7.91. The van der Waals surface area contributed by atoms with Gasteiger partial charge in [0.15, 0.2) is 0 Å². The predicted octanol–water partition coefficient (Wildman–Crippen LogP) is 4.04. The van der Waals surface area contributed by atoms with Crippen molar-refractivity contribution in [3.8, 4) is 10.4 Å². The lowest BCUT2D eigenvalue weighted by Crippen LogP contribution is -2.20. The fourth-order valence-electron chi connectivity index (χ4n) is 2.81. The van der Waals surface area contributed by atoms with E-state index in [4.69, 9.17) is 4.74 Å². The number of amides is 1. The molecule has 0 bridgehead atoms. The van der Waals surface area contributed by atoms with Gasteiger partial charge in [-0.3, -0.25) is 4.79 Å². The Morgan fingerprint density at radius 3 is 2.82 bits per heavy atom. The maximum Gasteiger partial charge on any atom is 0.341 e. The fourth-order valence-corrected chi connectivity index (χ4v) is 4.59. The zero-order chi connectivity index (χ0) is 19.5. The molecule has 0 atom stereocenters. The van der Waals surface area contributed by atoms with Crippen molar-refractivity contribution in [1.29, 1.82) is 0 Å². The molecule has 1 N–H and O–H groups in total. The lowest BCUT2D eigenvalue weighted by Gasteiger charge is -2.08. The van der Waals surface area contributed by atoms with Crippen molar-refractivity contribution in [3.63, 3.8) is 0 Å². The number of anilines is 1. The quantitative estimate of drug-likeness (QED) is 0.483. The van der Waals surface area contributed by atoms with Crippen molar-refractivity contribution >= 4 is 50.6 Å². The molecule has 3 aromatic heterocycles. The molecule has 9 heteroatoms. The smallest absolute Gasteiger partial charge is 0.341 e. The van der Waals surface area contributed by atoms with E-state index in [0.29, 0.717) is 10.6 Å². The van der Waals surface area contributed by atoms with Gasteiger partial charge in [0.25, 0.3) is 0 Å². The summed E-state index contributed by atoms with van der Waals surface area (Å²) in [6.07, 6.45) is 0. The van der Waals surface area contributed by atoms with Crippen LogP contribution in [0.25, 0.3) is 21.5 Å². The Hall–Kier alpha value is -3.04. The van der Waals surface area contributed by atoms with E-state index in [1.807, 2.05) is 47.2 Å². The number of thiophene rings is 2. The van der Waals surface area contributed by atoms with E-state index in [1.165, 1.54) is 27.4 Å². The zero-order valence-electron chi connectivity index (χ0n) is 14.9. The van der Waals surface area contributed by atoms with Crippen LogP contribution in [-0.2, 0) is 16.1 Å². The van der Waals surface area contributed by atoms with Crippen LogP contribution in [0, 0.1) is 0 Å². The Morgan fingerprint density at radius 1 is 1.18 bits per heavy atom. The minimum Gasteiger partial charge on any atom is -0.462 e. The van der Waals surface area contributed by atoms with Gasteiger partial charge in [0, 0.05) is 15.8 Å². The molecule has 7 nitrogen and oxygen atoms in total. The number of benzene rings is 1. The number of carbonyl (C=O) groups excluding carboxylic acids is 2. The SMILES string of the molecule is CCOC(=O)c1c(-c2cccs2)csc1NC(=O)Cn1nnc2ccccc21. The third-order valence-electron chi connectivity index (χ3n) is 4.02. The molecule has 0 saturated heterocycles. The number of fused-ring (bicyclic) bond motifs is 1. The topological polar surface area (TPSA) is 86.1 Å². The van der Waals surface area contributed by atoms with Gasteiger partial charge in [-0.25, -0.2) is 9.48 Å². The van der Waals surface area contributed by atoms with Crippen LogP contribution in [0.5, 0.6) is 0 Å². The van der Waals surface area contributed by atoms with E-state index in [-0.39, 0.29) is 19.1 Å². The number of aromatic nitrogens is 3. The van der Waals surface area contributed by atoms with Gasteiger partial charge in [-0.05, 0) is 30.5 Å². The van der Waals surface area contributed by atoms with Gasteiger partial charge in [-0.15, -0.1) is 27.8 Å². The average molecular weight is 412 g/mol. The lowest BCUT2D eigenvalue weighted by atomic mass is 10.1. The van der Waals surface area contributed by atoms with Gasteiger partial charge in [0.05, 0.1) is 12.1 Å². The summed E-state index contributed by atoms with van der Waals surface area (Å²) >= 11 is 2.83. The molecule has 0 radical (unpaired) electrons. The molecular formula is C19H16N4O3S2. The summed E-state index contributed by atoms with van der Waals surface area (Å²) in [5.74, 6) is -0.741. The van der Waals surface area contributed by atoms with Crippen LogP contribution in [0.1, 0.15) is 17.3 Å². The van der Waals surface area contributed by atoms with E-state index in [2.05, 4.69) is 15.6 Å². The first kappa shape index (κ1) is 18.3. The van der Waals surface area contributed by atoms with Crippen LogP contribution < -0.4 is 5.32 Å². The number of nitrogens with zero attached hydrogens (tertiary/aromatic N) is 3. The maximum absolute atomic E-state index is 12.6. The van der Waals surface area contributed by atoms with E-state index >= 15 is 0 Å². The highest BCUT2D eigenvalue weighted by atomic mass is 32.1. The van der Waals surface area contributed by atoms with E-state index < -0.39 is 5.97 Å². The Kier molecular flexibility index (Phi) is 5.18. The van der Waals surface area contributed by atoms with Crippen LogP contribution >= 0.6 is 22.7 Å². The molecule has 0 aliphatic carbocycles. The summed E-state index contributed by atoms with van der Waals surface area (Å²) < 4.78 is 6.73. The van der Waals surface area contributed by atoms with Crippen molar-refractivity contribution in [2.75, 3.05) is 11.9 Å². The van der Waals surface area contributed by atoms with Gasteiger partial charge >= 0.3 is 5.97 Å². The van der Waals surface area contributed by atoms with Crippen LogP contribution in [0.2, 0.25) is 0 Å². The zero-order valence-corrected chi connectivity index (χ0v) is 16.5. The Balaban J connectivity index is 1.60. The summed E-state index contributed by atoms with van der Waals surface area (Å²) in [5.41, 5.74) is 2.64. The van der Waals surface area contributed by atoms with E-state index in [0.717, 1.165) is 21.5 Å². The molecule has 0 saturated carbocycles. The van der Waals surface area contributed by atoms with Crippen molar-refractivity contribution in [3.05, 3.63) is 52.7 Å². The Morgan fingerprint density at radius 2 is 2.04 bits per heavy atom. The Labute approximate surface area is 168 Å². The highest BCUT2D eigenvalue weighted by Gasteiger charge is 2.23. The molecule has 3 heterocycles. The summed E-state index contributed by atoms with van der Waals surface area (Å²) in [4.78, 5) is 26.1. The number of hydrogen-bond donors (Lipinski definition) is 1. The van der Waals surface area contributed by atoms with Crippen molar-refractivity contribution in [2.24, 2.45) is 0 Å². The largest absolute Gasteiger partial charge is 0.462 e. The maximum atomic E-state index is 12.6. The number of hydrogen-bond acceptors (Lipinski definition) is 7. The second-order valence-electron chi connectivity index (χ2n) is 5.84. The Bertz CT molecular complexity index is 1130. The summed E-state index contributed by atoms with van der Waals surface area (Å²) in [6.45, 7) is 2.01. The van der Waals surface area contributed by atoms with Crippen molar-refractivity contribution < 1.29 is 14.3 Å². The van der Waals surface area contributed by atoms with Crippen LogP contribution in [-0.4, -0.2) is 33.5 Å². The van der Waals surface area contributed by atoms with Crippen molar-refractivity contribution in [1.82, 2.24) is 15.0 Å². The monoisotopic (exact) mass is 412 g/mol. The summed E-state index contributed by atoms with van der Waals surface area (Å²) in [6, 6.07) is 11.3. The summed E-state index contributed by atoms with van der Waals surface area (Å²) in [5, 5.41) is 15.2. The molecule has 0 spiro atoms. The van der Waals surface area contributed by atoms with E-state index in [1.54, 1.807) is 6.92 Å². The number of carbonyl (C=O) groups is 2. The first-order chi connectivity index (χ1) is 13.7. The molecular weight excluding hydrogens is 396 g/mol. The molecule has 0 aliphatic heterocycles. The van der Waals surface area contributed by atoms with E-state index in [9.17, 15) is 9.59 Å². The van der Waals surface area contributed by atoms with Gasteiger partial charge in [0.2, 0.25) is 5.91 Å². The molecule has 4 aromatic rings. The number of esters is 1. The second-order valence-corrected chi connectivity index (χ2v) is 7.66. The highest BCUT2D eigenvalue weighted by Crippen LogP contribution is 2.38.